The van der Waals surface area contributed by atoms with Crippen molar-refractivity contribution in [1.82, 2.24) is 10.3 Å². The highest BCUT2D eigenvalue weighted by molar-refractivity contribution is 7.85. The summed E-state index contributed by atoms with van der Waals surface area (Å²) in [6.45, 7) is 2.23. The molecule has 7 rings (SSSR count). The number of fused-ring (bicyclic) bond motifs is 2. The molecule has 0 aliphatic heterocycles. The minimum Gasteiger partial charge on any atom is -0.490 e. The maximum Gasteiger partial charge on any atom is 0.264 e. The number of aromatic nitrogens is 1. The van der Waals surface area contributed by atoms with Crippen LogP contribution in [0.4, 0.5) is 4.39 Å². The van der Waals surface area contributed by atoms with Crippen LogP contribution in [-0.2, 0) is 19.1 Å². The van der Waals surface area contributed by atoms with Gasteiger partial charge >= 0.3 is 0 Å². The van der Waals surface area contributed by atoms with Crippen molar-refractivity contribution >= 4 is 26.9 Å². The molecule has 5 saturated carbocycles. The molecule has 3 unspecified atom stereocenters. The number of nitrogens with zero attached hydrogens (tertiary/aromatic N) is 1. The summed E-state index contributed by atoms with van der Waals surface area (Å²) >= 11 is 0. The van der Waals surface area contributed by atoms with E-state index in [0.29, 0.717) is 34.4 Å². The number of rotatable bonds is 8. The second-order valence-electron chi connectivity index (χ2n) is 11.1. The molecule has 1 heterocycles. The van der Waals surface area contributed by atoms with Gasteiger partial charge in [-0.05, 0) is 74.1 Å². The molecule has 7 nitrogen and oxygen atoms in total. The van der Waals surface area contributed by atoms with Crippen LogP contribution in [0.2, 0.25) is 0 Å². The highest BCUT2D eigenvalue weighted by atomic mass is 32.2. The van der Waals surface area contributed by atoms with Gasteiger partial charge in [0.05, 0.1) is 24.5 Å². The van der Waals surface area contributed by atoms with Gasteiger partial charge < -0.3 is 10.1 Å². The molecule has 5 aliphatic carbocycles. The molecule has 1 amide bonds. The number of amides is 1. The molecule has 5 aliphatic rings. The third-order valence-electron chi connectivity index (χ3n) is 8.52. The summed E-state index contributed by atoms with van der Waals surface area (Å²) < 4.78 is 47.4. The van der Waals surface area contributed by atoms with Crippen LogP contribution in [-0.4, -0.2) is 43.8 Å². The van der Waals surface area contributed by atoms with Gasteiger partial charge in [0.25, 0.3) is 10.1 Å². The predicted molar refractivity (Wildman–Crippen MR) is 123 cm³/mol. The molecule has 9 heteroatoms. The Morgan fingerprint density at radius 3 is 2.62 bits per heavy atom. The van der Waals surface area contributed by atoms with Gasteiger partial charge in [-0.2, -0.15) is 8.42 Å². The van der Waals surface area contributed by atoms with Crippen molar-refractivity contribution in [3.63, 3.8) is 0 Å². The van der Waals surface area contributed by atoms with Crippen molar-refractivity contribution in [2.24, 2.45) is 29.1 Å². The van der Waals surface area contributed by atoms with Gasteiger partial charge in [-0.25, -0.2) is 4.39 Å². The number of benzene rings is 1. The van der Waals surface area contributed by atoms with Gasteiger partial charge in [0.15, 0.2) is 0 Å². The Kier molecular flexibility index (Phi) is 4.82. The van der Waals surface area contributed by atoms with Crippen molar-refractivity contribution in [3.8, 4) is 5.75 Å². The zero-order valence-corrected chi connectivity index (χ0v) is 20.1. The number of carbonyl (C=O) groups is 1. The molecular weight excluding hydrogens is 459 g/mol. The molecule has 1 aromatic heterocycles. The number of hydrogen-bond donors (Lipinski definition) is 1. The predicted octanol–water partition coefficient (Wildman–Crippen LogP) is 3.43. The molecule has 0 radical (unpaired) electrons. The van der Waals surface area contributed by atoms with E-state index in [0.717, 1.165) is 38.4 Å². The van der Waals surface area contributed by atoms with Crippen LogP contribution in [0.1, 0.15) is 39.0 Å². The van der Waals surface area contributed by atoms with Gasteiger partial charge in [0, 0.05) is 28.5 Å². The van der Waals surface area contributed by atoms with E-state index in [2.05, 4.69) is 10.3 Å². The first kappa shape index (κ1) is 22.2. The van der Waals surface area contributed by atoms with Gasteiger partial charge in [0.2, 0.25) is 5.91 Å². The first-order valence-electron chi connectivity index (χ1n) is 11.9. The number of nitrogens with one attached hydrogen (secondary N) is 1. The fraction of sp³-hybridized carbons (Fsp3) is 0.600. The minimum absolute atomic E-state index is 0.0518. The van der Waals surface area contributed by atoms with Crippen LogP contribution in [0, 0.1) is 34.9 Å². The summed E-state index contributed by atoms with van der Waals surface area (Å²) in [6.07, 6.45) is 7.02. The first-order valence-corrected chi connectivity index (χ1v) is 13.7. The summed E-state index contributed by atoms with van der Waals surface area (Å²) in [7, 11) is -3.43. The highest BCUT2D eigenvalue weighted by Crippen LogP contribution is 2.68. The topological polar surface area (TPSA) is 94.6 Å². The first-order chi connectivity index (χ1) is 16.1. The van der Waals surface area contributed by atoms with Crippen LogP contribution in [0.15, 0.2) is 30.5 Å². The molecule has 5 fully saturated rings. The zero-order chi connectivity index (χ0) is 23.9. The maximum atomic E-state index is 13.7. The monoisotopic (exact) mass is 488 g/mol. The Morgan fingerprint density at radius 2 is 1.94 bits per heavy atom. The number of halogens is 1. The molecule has 1 aromatic carbocycles. The van der Waals surface area contributed by atoms with Crippen molar-refractivity contribution in [2.75, 3.05) is 12.9 Å². The molecule has 5 atom stereocenters. The number of carbonyl (C=O) groups excluding carboxylic acids is 1. The van der Waals surface area contributed by atoms with Crippen LogP contribution < -0.4 is 10.1 Å². The third kappa shape index (κ3) is 3.77. The Bertz CT molecular complexity index is 1250. The second kappa shape index (κ2) is 7.37. The van der Waals surface area contributed by atoms with E-state index in [-0.39, 0.29) is 41.3 Å². The fourth-order valence-corrected chi connectivity index (χ4v) is 7.59. The number of ether oxygens (including phenoxy) is 1. The van der Waals surface area contributed by atoms with Gasteiger partial charge in [-0.15, -0.1) is 0 Å². The summed E-state index contributed by atoms with van der Waals surface area (Å²) in [5.74, 6) is 1.75. The average Bonchev–Trinajstić information content (AvgIpc) is 3.22. The van der Waals surface area contributed by atoms with Gasteiger partial charge in [-0.1, -0.05) is 6.92 Å². The summed E-state index contributed by atoms with van der Waals surface area (Å²) in [5, 5.41) is 3.94. The Labute approximate surface area is 198 Å². The van der Waals surface area contributed by atoms with Crippen molar-refractivity contribution in [1.29, 1.82) is 0 Å². The molecule has 2 bridgehead atoms. The SMILES string of the molecule is CC(C(=O)NC12CC(COS(C)(=O)=O)(C1)C2)C1[C@H]2CC(Oc3ccnc4ccc(F)cc34)C[C@@H]12. The lowest BCUT2D eigenvalue weighted by atomic mass is 9.39. The molecular formula is C25H29FN2O5S. The largest absolute Gasteiger partial charge is 0.490 e. The second-order valence-corrected chi connectivity index (χ2v) is 12.8. The minimum atomic E-state index is -3.43. The zero-order valence-electron chi connectivity index (χ0n) is 19.3. The number of pyridine rings is 1. The summed E-state index contributed by atoms with van der Waals surface area (Å²) in [4.78, 5) is 17.2. The van der Waals surface area contributed by atoms with Crippen LogP contribution in [0.5, 0.6) is 5.75 Å². The molecule has 0 spiro atoms. The third-order valence-corrected chi connectivity index (χ3v) is 9.07. The van der Waals surface area contributed by atoms with E-state index in [1.165, 1.54) is 12.1 Å². The maximum absolute atomic E-state index is 13.7. The quantitative estimate of drug-likeness (QED) is 0.572. The molecule has 34 heavy (non-hydrogen) atoms. The van der Waals surface area contributed by atoms with Crippen LogP contribution in [0.25, 0.3) is 10.9 Å². The Balaban J connectivity index is 1.00. The number of hydrogen-bond acceptors (Lipinski definition) is 6. The lowest BCUT2D eigenvalue weighted by molar-refractivity contribution is -0.180. The Morgan fingerprint density at radius 1 is 1.24 bits per heavy atom. The van der Waals surface area contributed by atoms with E-state index in [9.17, 15) is 17.6 Å². The van der Waals surface area contributed by atoms with Crippen molar-refractivity contribution in [3.05, 3.63) is 36.3 Å². The van der Waals surface area contributed by atoms with Gasteiger partial charge in [-0.3, -0.25) is 14.0 Å². The summed E-state index contributed by atoms with van der Waals surface area (Å²) in [5.41, 5.74) is 0.461. The van der Waals surface area contributed by atoms with Crippen LogP contribution in [0.3, 0.4) is 0 Å². The molecule has 2 aromatic rings. The van der Waals surface area contributed by atoms with Crippen molar-refractivity contribution in [2.45, 2.75) is 50.7 Å². The summed E-state index contributed by atoms with van der Waals surface area (Å²) in [6, 6.07) is 6.31. The standard InChI is InChI=1S/C25H29FN2O5S/c1-14(23(29)28-25-10-24(11-25,12-25)13-32-34(2,30)31)22-17-8-16(9-18(17)22)33-21-5-6-27-20-4-3-15(26)7-19(20)21/h3-7,14,16-18,22H,8-13H2,1-2H3,(H,28,29)/t14?,16?,17-,18+,22?,24?,25?. The van der Waals surface area contributed by atoms with Crippen molar-refractivity contribution < 1.29 is 26.5 Å². The molecule has 1 N–H and O–H groups in total. The molecule has 182 valence electrons. The van der Waals surface area contributed by atoms with Gasteiger partial charge in [0.1, 0.15) is 11.6 Å². The Hall–Kier alpha value is -2.26. The smallest absolute Gasteiger partial charge is 0.264 e. The molecule has 0 saturated heterocycles. The average molecular weight is 489 g/mol. The van der Waals surface area contributed by atoms with E-state index < -0.39 is 10.1 Å². The lowest BCUT2D eigenvalue weighted by Crippen LogP contribution is -2.76. The van der Waals surface area contributed by atoms with E-state index in [1.807, 2.05) is 6.92 Å². The fourth-order valence-electron chi connectivity index (χ4n) is 7.12. The lowest BCUT2D eigenvalue weighted by Gasteiger charge is -2.70. The van der Waals surface area contributed by atoms with E-state index in [4.69, 9.17) is 8.92 Å². The normalized spacial score (nSPS) is 36.2. The van der Waals surface area contributed by atoms with Crippen LogP contribution >= 0.6 is 0 Å². The highest BCUT2D eigenvalue weighted by Gasteiger charge is 2.69. The van der Waals surface area contributed by atoms with E-state index in [1.54, 1.807) is 18.3 Å². The van der Waals surface area contributed by atoms with E-state index >= 15 is 0 Å².